The molecule has 8 heteroatoms. The van der Waals surface area contributed by atoms with Gasteiger partial charge in [-0.25, -0.2) is 9.69 Å². The van der Waals surface area contributed by atoms with Crippen LogP contribution in [0.3, 0.4) is 0 Å². The Morgan fingerprint density at radius 2 is 1.93 bits per heavy atom. The molecule has 0 bridgehead atoms. The normalized spacial score (nSPS) is 15.9. The van der Waals surface area contributed by atoms with Crippen molar-refractivity contribution < 1.29 is 24.2 Å². The lowest BCUT2D eigenvalue weighted by atomic mass is 10.1. The number of phenols is 1. The Morgan fingerprint density at radius 1 is 1.19 bits per heavy atom. The van der Waals surface area contributed by atoms with Gasteiger partial charge in [-0.15, -0.1) is 0 Å². The summed E-state index contributed by atoms with van der Waals surface area (Å²) >= 11 is 5.99. The standard InChI is InChI=1S/C19H15ClN2O5/c1-10-4-3-5-13(6-10)22-18(25)14(17(24)21-19(22)26)8-11-7-12(20)9-15(27-2)16(11)23/h3-9,23H,1-2H3,(H,21,24,26)/b14-8-. The second-order valence-electron chi connectivity index (χ2n) is 5.84. The third-order valence-electron chi connectivity index (χ3n) is 3.95. The molecular weight excluding hydrogens is 372 g/mol. The highest BCUT2D eigenvalue weighted by Gasteiger charge is 2.37. The van der Waals surface area contributed by atoms with Crippen molar-refractivity contribution >= 4 is 41.2 Å². The molecule has 7 nitrogen and oxygen atoms in total. The minimum absolute atomic E-state index is 0.0876. The van der Waals surface area contributed by atoms with Crippen molar-refractivity contribution in [3.8, 4) is 11.5 Å². The number of urea groups is 1. The van der Waals surface area contributed by atoms with Gasteiger partial charge in [0.2, 0.25) is 0 Å². The van der Waals surface area contributed by atoms with Crippen LogP contribution in [0.15, 0.2) is 42.0 Å². The lowest BCUT2D eigenvalue weighted by Gasteiger charge is -2.26. The third kappa shape index (κ3) is 3.50. The highest BCUT2D eigenvalue weighted by atomic mass is 35.5. The molecule has 27 heavy (non-hydrogen) atoms. The number of methoxy groups -OCH3 is 1. The zero-order valence-corrected chi connectivity index (χ0v) is 15.2. The van der Waals surface area contributed by atoms with Crippen LogP contribution < -0.4 is 15.0 Å². The molecule has 3 rings (SSSR count). The fourth-order valence-electron chi connectivity index (χ4n) is 2.67. The molecule has 0 saturated carbocycles. The third-order valence-corrected chi connectivity index (χ3v) is 4.17. The van der Waals surface area contributed by atoms with E-state index in [-0.39, 0.29) is 27.7 Å². The molecule has 0 unspecified atom stereocenters. The van der Waals surface area contributed by atoms with E-state index in [1.165, 1.54) is 19.2 Å². The average molecular weight is 387 g/mol. The second kappa shape index (κ2) is 7.13. The number of phenolic OH excluding ortho intramolecular Hbond substituents is 1. The number of nitrogens with zero attached hydrogens (tertiary/aromatic N) is 1. The van der Waals surface area contributed by atoms with Crippen molar-refractivity contribution in [2.45, 2.75) is 6.92 Å². The molecule has 2 aromatic rings. The van der Waals surface area contributed by atoms with Gasteiger partial charge in [0.15, 0.2) is 11.5 Å². The summed E-state index contributed by atoms with van der Waals surface area (Å²) in [4.78, 5) is 38.1. The number of halogens is 1. The molecule has 1 aliphatic heterocycles. The second-order valence-corrected chi connectivity index (χ2v) is 6.28. The van der Waals surface area contributed by atoms with Gasteiger partial charge in [0.25, 0.3) is 11.8 Å². The lowest BCUT2D eigenvalue weighted by Crippen LogP contribution is -2.54. The van der Waals surface area contributed by atoms with Crippen molar-refractivity contribution in [3.63, 3.8) is 0 Å². The zero-order chi connectivity index (χ0) is 19.7. The van der Waals surface area contributed by atoms with Gasteiger partial charge in [-0.2, -0.15) is 0 Å². The number of rotatable bonds is 3. The SMILES string of the molecule is COc1cc(Cl)cc(/C=C2/C(=O)NC(=O)N(c3cccc(C)c3)C2=O)c1O. The Balaban J connectivity index is 2.09. The van der Waals surface area contributed by atoms with Crippen LogP contribution in [0.4, 0.5) is 10.5 Å². The van der Waals surface area contributed by atoms with Crippen molar-refractivity contribution in [2.75, 3.05) is 12.0 Å². The van der Waals surface area contributed by atoms with Gasteiger partial charge in [0.1, 0.15) is 5.57 Å². The number of aromatic hydroxyl groups is 1. The largest absolute Gasteiger partial charge is 0.504 e. The summed E-state index contributed by atoms with van der Waals surface area (Å²) in [6.45, 7) is 1.81. The number of barbiturate groups is 1. The van der Waals surface area contributed by atoms with Crippen LogP contribution in [0.1, 0.15) is 11.1 Å². The highest BCUT2D eigenvalue weighted by molar-refractivity contribution is 6.39. The molecule has 1 saturated heterocycles. The molecule has 0 aromatic heterocycles. The zero-order valence-electron chi connectivity index (χ0n) is 14.4. The Labute approximate surface area is 159 Å². The van der Waals surface area contributed by atoms with Crippen LogP contribution in [-0.2, 0) is 9.59 Å². The van der Waals surface area contributed by atoms with Gasteiger partial charge < -0.3 is 9.84 Å². The molecule has 2 N–H and O–H groups in total. The van der Waals surface area contributed by atoms with Gasteiger partial charge in [-0.3, -0.25) is 14.9 Å². The summed E-state index contributed by atoms with van der Waals surface area (Å²) in [5.74, 6) is -1.88. The Kier molecular flexibility index (Phi) is 4.87. The molecular formula is C19H15ClN2O5. The van der Waals surface area contributed by atoms with E-state index in [9.17, 15) is 19.5 Å². The fourth-order valence-corrected chi connectivity index (χ4v) is 2.89. The number of hydrogen-bond donors (Lipinski definition) is 2. The van der Waals surface area contributed by atoms with E-state index in [1.54, 1.807) is 18.2 Å². The summed E-state index contributed by atoms with van der Waals surface area (Å²) in [6, 6.07) is 8.65. The smallest absolute Gasteiger partial charge is 0.335 e. The van der Waals surface area contributed by atoms with Gasteiger partial charge >= 0.3 is 6.03 Å². The molecule has 0 radical (unpaired) electrons. The van der Waals surface area contributed by atoms with Crippen LogP contribution in [0, 0.1) is 6.92 Å². The van der Waals surface area contributed by atoms with Crippen LogP contribution in [0.25, 0.3) is 6.08 Å². The van der Waals surface area contributed by atoms with Crippen LogP contribution in [-0.4, -0.2) is 30.1 Å². The van der Waals surface area contributed by atoms with Crippen molar-refractivity contribution in [2.24, 2.45) is 0 Å². The summed E-state index contributed by atoms with van der Waals surface area (Å²) in [5.41, 5.74) is 0.948. The van der Waals surface area contributed by atoms with Crippen LogP contribution >= 0.6 is 11.6 Å². The van der Waals surface area contributed by atoms with E-state index in [2.05, 4.69) is 5.32 Å². The number of benzene rings is 2. The number of aryl methyl sites for hydroxylation is 1. The van der Waals surface area contributed by atoms with E-state index in [0.29, 0.717) is 5.69 Å². The predicted molar refractivity (Wildman–Crippen MR) is 99.8 cm³/mol. The molecule has 1 fully saturated rings. The highest BCUT2D eigenvalue weighted by Crippen LogP contribution is 2.35. The molecule has 0 spiro atoms. The van der Waals surface area contributed by atoms with Crippen molar-refractivity contribution in [1.82, 2.24) is 5.32 Å². The van der Waals surface area contributed by atoms with E-state index in [4.69, 9.17) is 16.3 Å². The number of ether oxygens (including phenoxy) is 1. The molecule has 1 heterocycles. The van der Waals surface area contributed by atoms with Gasteiger partial charge in [-0.1, -0.05) is 23.7 Å². The topological polar surface area (TPSA) is 95.9 Å². The number of amides is 4. The van der Waals surface area contributed by atoms with E-state index < -0.39 is 17.8 Å². The minimum Gasteiger partial charge on any atom is -0.504 e. The number of nitrogens with one attached hydrogen (secondary N) is 1. The van der Waals surface area contributed by atoms with Gasteiger partial charge in [-0.05, 0) is 36.8 Å². The Morgan fingerprint density at radius 3 is 2.59 bits per heavy atom. The van der Waals surface area contributed by atoms with Gasteiger partial charge in [0, 0.05) is 16.7 Å². The molecule has 0 atom stereocenters. The molecule has 4 amide bonds. The Hall–Kier alpha value is -3.32. The fraction of sp³-hybridized carbons (Fsp3) is 0.105. The first kappa shape index (κ1) is 18.5. The number of anilines is 1. The quantitative estimate of drug-likeness (QED) is 0.624. The molecule has 2 aromatic carbocycles. The number of carbonyl (C=O) groups excluding carboxylic acids is 3. The first-order chi connectivity index (χ1) is 12.8. The molecule has 0 aliphatic carbocycles. The maximum Gasteiger partial charge on any atom is 0.335 e. The number of hydrogen-bond acceptors (Lipinski definition) is 5. The summed E-state index contributed by atoms with van der Waals surface area (Å²) in [7, 11) is 1.35. The van der Waals surface area contributed by atoms with Crippen molar-refractivity contribution in [3.05, 3.63) is 58.1 Å². The molecule has 1 aliphatic rings. The Bertz CT molecular complexity index is 1000. The van der Waals surface area contributed by atoms with Crippen LogP contribution in [0.5, 0.6) is 11.5 Å². The lowest BCUT2D eigenvalue weighted by molar-refractivity contribution is -0.122. The monoisotopic (exact) mass is 386 g/mol. The average Bonchev–Trinajstić information content (AvgIpc) is 2.61. The van der Waals surface area contributed by atoms with E-state index in [0.717, 1.165) is 16.5 Å². The van der Waals surface area contributed by atoms with Crippen LogP contribution in [0.2, 0.25) is 5.02 Å². The number of carbonyl (C=O) groups is 3. The first-order valence-corrected chi connectivity index (χ1v) is 8.24. The maximum absolute atomic E-state index is 12.8. The van der Waals surface area contributed by atoms with Gasteiger partial charge in [0.05, 0.1) is 12.8 Å². The van der Waals surface area contributed by atoms with Crippen molar-refractivity contribution in [1.29, 1.82) is 0 Å². The molecule has 138 valence electrons. The van der Waals surface area contributed by atoms with E-state index in [1.807, 2.05) is 13.0 Å². The summed E-state index contributed by atoms with van der Waals surface area (Å²) < 4.78 is 5.02. The minimum atomic E-state index is -0.868. The maximum atomic E-state index is 12.8. The summed E-state index contributed by atoms with van der Waals surface area (Å²) in [5, 5.41) is 12.6. The summed E-state index contributed by atoms with van der Waals surface area (Å²) in [6.07, 6.45) is 1.16. The predicted octanol–water partition coefficient (Wildman–Crippen LogP) is 3.03. The first-order valence-electron chi connectivity index (χ1n) is 7.86. The van der Waals surface area contributed by atoms with E-state index >= 15 is 0 Å². The number of imide groups is 2.